The molecule has 0 aromatic heterocycles. The van der Waals surface area contributed by atoms with Crippen LogP contribution in [0.2, 0.25) is 0 Å². The average Bonchev–Trinajstić information content (AvgIpc) is 2.58. The first-order chi connectivity index (χ1) is 6.24. The number of rotatable bonds is 5. The van der Waals surface area contributed by atoms with E-state index >= 15 is 0 Å². The molecule has 0 aromatic carbocycles. The summed E-state index contributed by atoms with van der Waals surface area (Å²) in [6.45, 7) is 6.07. The van der Waals surface area contributed by atoms with Gasteiger partial charge in [0.2, 0.25) is 0 Å². The smallest absolute Gasteiger partial charge is 0.00174 e. The van der Waals surface area contributed by atoms with E-state index in [4.69, 9.17) is 0 Å². The lowest BCUT2D eigenvalue weighted by Gasteiger charge is -2.22. The zero-order chi connectivity index (χ0) is 9.68. The summed E-state index contributed by atoms with van der Waals surface area (Å²) in [5.41, 5.74) is 0. The molecule has 2 unspecified atom stereocenters. The van der Waals surface area contributed by atoms with Gasteiger partial charge in [0.15, 0.2) is 0 Å². The van der Waals surface area contributed by atoms with Crippen LogP contribution in [0.5, 0.6) is 0 Å². The second-order valence-corrected chi connectivity index (χ2v) is 4.51. The van der Waals surface area contributed by atoms with E-state index in [-0.39, 0.29) is 0 Å². The molecule has 0 saturated carbocycles. The zero-order valence-corrected chi connectivity index (χ0v) is 9.34. The summed E-state index contributed by atoms with van der Waals surface area (Å²) in [5, 5.41) is 3.46. The molecular weight excluding hydrogens is 160 g/mol. The highest BCUT2D eigenvalue weighted by Crippen LogP contribution is 2.24. The van der Waals surface area contributed by atoms with Crippen LogP contribution in [0.15, 0.2) is 0 Å². The van der Waals surface area contributed by atoms with Crippen molar-refractivity contribution in [3.8, 4) is 0 Å². The molecule has 78 valence electrons. The van der Waals surface area contributed by atoms with Gasteiger partial charge in [-0.25, -0.2) is 0 Å². The highest BCUT2D eigenvalue weighted by atomic mass is 15.0. The molecule has 1 aliphatic rings. The van der Waals surface area contributed by atoms with Gasteiger partial charge in [-0.15, -0.1) is 0 Å². The first kappa shape index (κ1) is 11.0. The normalized spacial score (nSPS) is 25.4. The molecule has 0 amide bonds. The van der Waals surface area contributed by atoms with Gasteiger partial charge in [-0.1, -0.05) is 13.3 Å². The molecule has 0 radical (unpaired) electrons. The fourth-order valence-corrected chi connectivity index (χ4v) is 2.28. The lowest BCUT2D eigenvalue weighted by atomic mass is 9.86. The summed E-state index contributed by atoms with van der Waals surface area (Å²) in [5.74, 6) is 1.89. The first-order valence-electron chi connectivity index (χ1n) is 5.59. The van der Waals surface area contributed by atoms with Crippen molar-refractivity contribution in [3.63, 3.8) is 0 Å². The lowest BCUT2D eigenvalue weighted by molar-refractivity contribution is 0.278. The predicted octanol–water partition coefficient (Wildman–Crippen LogP) is 1.57. The van der Waals surface area contributed by atoms with E-state index in [0.29, 0.717) is 0 Å². The zero-order valence-electron chi connectivity index (χ0n) is 9.34. The monoisotopic (exact) mass is 184 g/mol. The fraction of sp³-hybridized carbons (Fsp3) is 1.00. The van der Waals surface area contributed by atoms with Gasteiger partial charge in [-0.05, 0) is 58.4 Å². The van der Waals surface area contributed by atoms with Crippen LogP contribution in [0.3, 0.4) is 0 Å². The van der Waals surface area contributed by atoms with E-state index in [1.54, 1.807) is 0 Å². The molecule has 0 bridgehead atoms. The summed E-state index contributed by atoms with van der Waals surface area (Å²) in [4.78, 5) is 2.30. The van der Waals surface area contributed by atoms with Crippen molar-refractivity contribution in [2.24, 2.45) is 11.8 Å². The molecule has 0 aliphatic carbocycles. The molecule has 13 heavy (non-hydrogen) atoms. The van der Waals surface area contributed by atoms with E-state index in [1.165, 1.54) is 38.9 Å². The summed E-state index contributed by atoms with van der Waals surface area (Å²) in [6, 6.07) is 0. The molecule has 0 spiro atoms. The lowest BCUT2D eigenvalue weighted by Crippen LogP contribution is -2.22. The number of nitrogens with one attached hydrogen (secondary N) is 1. The Bertz CT molecular complexity index is 128. The predicted molar refractivity (Wildman–Crippen MR) is 57.9 cm³/mol. The second-order valence-electron chi connectivity index (χ2n) is 4.51. The maximum absolute atomic E-state index is 3.46. The number of hydrogen-bond acceptors (Lipinski definition) is 2. The Labute approximate surface area is 82.7 Å². The topological polar surface area (TPSA) is 15.3 Å². The molecule has 1 aliphatic heterocycles. The number of hydrogen-bond donors (Lipinski definition) is 1. The van der Waals surface area contributed by atoms with Crippen LogP contribution in [0.4, 0.5) is 0 Å². The standard InChI is InChI=1S/C11H24N2/c1-4-10(6-8-13(2)3)11-5-7-12-9-11/h10-12H,4-9H2,1-3H3. The Morgan fingerprint density at radius 2 is 2.23 bits per heavy atom. The van der Waals surface area contributed by atoms with Gasteiger partial charge in [-0.3, -0.25) is 0 Å². The van der Waals surface area contributed by atoms with Crippen LogP contribution in [0, 0.1) is 11.8 Å². The van der Waals surface area contributed by atoms with Gasteiger partial charge >= 0.3 is 0 Å². The van der Waals surface area contributed by atoms with Crippen LogP contribution in [0.25, 0.3) is 0 Å². The molecular formula is C11H24N2. The molecule has 2 heteroatoms. The van der Waals surface area contributed by atoms with Gasteiger partial charge < -0.3 is 10.2 Å². The summed E-state index contributed by atoms with van der Waals surface area (Å²) >= 11 is 0. The molecule has 1 fully saturated rings. The van der Waals surface area contributed by atoms with Crippen molar-refractivity contribution in [2.75, 3.05) is 33.7 Å². The van der Waals surface area contributed by atoms with E-state index < -0.39 is 0 Å². The van der Waals surface area contributed by atoms with E-state index in [2.05, 4.69) is 31.2 Å². The van der Waals surface area contributed by atoms with Crippen LogP contribution < -0.4 is 5.32 Å². The van der Waals surface area contributed by atoms with Crippen molar-refractivity contribution in [1.82, 2.24) is 10.2 Å². The third kappa shape index (κ3) is 3.65. The van der Waals surface area contributed by atoms with Crippen molar-refractivity contribution in [2.45, 2.75) is 26.2 Å². The molecule has 2 atom stereocenters. The van der Waals surface area contributed by atoms with E-state index in [0.717, 1.165) is 11.8 Å². The maximum Gasteiger partial charge on any atom is -0.00174 e. The van der Waals surface area contributed by atoms with Gasteiger partial charge in [0, 0.05) is 0 Å². The van der Waals surface area contributed by atoms with Gasteiger partial charge in [-0.2, -0.15) is 0 Å². The van der Waals surface area contributed by atoms with Crippen LogP contribution in [-0.2, 0) is 0 Å². The van der Waals surface area contributed by atoms with Crippen LogP contribution in [-0.4, -0.2) is 38.6 Å². The summed E-state index contributed by atoms with van der Waals surface area (Å²) in [7, 11) is 4.33. The van der Waals surface area contributed by atoms with Crippen LogP contribution >= 0.6 is 0 Å². The molecule has 0 aromatic rings. The minimum Gasteiger partial charge on any atom is -0.316 e. The Hall–Kier alpha value is -0.0800. The van der Waals surface area contributed by atoms with Gasteiger partial charge in [0.1, 0.15) is 0 Å². The Morgan fingerprint density at radius 3 is 2.69 bits per heavy atom. The Morgan fingerprint density at radius 1 is 1.46 bits per heavy atom. The SMILES string of the molecule is CCC(CCN(C)C)C1CCNC1. The molecule has 2 nitrogen and oxygen atoms in total. The maximum atomic E-state index is 3.46. The Balaban J connectivity index is 2.24. The van der Waals surface area contributed by atoms with Gasteiger partial charge in [0.25, 0.3) is 0 Å². The number of nitrogens with zero attached hydrogens (tertiary/aromatic N) is 1. The van der Waals surface area contributed by atoms with Gasteiger partial charge in [0.05, 0.1) is 0 Å². The Kier molecular flexibility index (Phi) is 4.74. The van der Waals surface area contributed by atoms with Crippen molar-refractivity contribution >= 4 is 0 Å². The fourth-order valence-electron chi connectivity index (χ4n) is 2.28. The van der Waals surface area contributed by atoms with Crippen molar-refractivity contribution in [1.29, 1.82) is 0 Å². The average molecular weight is 184 g/mol. The van der Waals surface area contributed by atoms with E-state index in [9.17, 15) is 0 Å². The summed E-state index contributed by atoms with van der Waals surface area (Å²) in [6.07, 6.45) is 4.11. The molecule has 1 rings (SSSR count). The molecule has 1 N–H and O–H groups in total. The second kappa shape index (κ2) is 5.61. The van der Waals surface area contributed by atoms with Crippen LogP contribution in [0.1, 0.15) is 26.2 Å². The van der Waals surface area contributed by atoms with Crippen molar-refractivity contribution < 1.29 is 0 Å². The van der Waals surface area contributed by atoms with E-state index in [1.807, 2.05) is 0 Å². The first-order valence-corrected chi connectivity index (χ1v) is 5.59. The minimum atomic E-state index is 0.942. The highest BCUT2D eigenvalue weighted by Gasteiger charge is 2.22. The largest absolute Gasteiger partial charge is 0.316 e. The van der Waals surface area contributed by atoms with Crippen molar-refractivity contribution in [3.05, 3.63) is 0 Å². The quantitative estimate of drug-likeness (QED) is 0.698. The molecule has 1 heterocycles. The highest BCUT2D eigenvalue weighted by molar-refractivity contribution is 4.77. The third-order valence-corrected chi connectivity index (χ3v) is 3.24. The third-order valence-electron chi connectivity index (χ3n) is 3.24. The summed E-state index contributed by atoms with van der Waals surface area (Å²) < 4.78 is 0. The minimum absolute atomic E-state index is 0.942. The molecule has 1 saturated heterocycles.